The SMILES string of the molecule is Cc1cc(N)cc(NCC2CC3CCC2C3)c1. The van der Waals surface area contributed by atoms with Gasteiger partial charge in [0.25, 0.3) is 0 Å². The second-order valence-electron chi connectivity index (χ2n) is 5.95. The minimum Gasteiger partial charge on any atom is -0.399 e. The molecule has 0 amide bonds. The van der Waals surface area contributed by atoms with E-state index in [-0.39, 0.29) is 0 Å². The molecule has 1 aromatic rings. The number of nitrogens with one attached hydrogen (secondary N) is 1. The van der Waals surface area contributed by atoms with E-state index in [1.807, 2.05) is 12.1 Å². The Kier molecular flexibility index (Phi) is 2.73. The molecule has 3 unspecified atom stereocenters. The molecule has 3 rings (SSSR count). The summed E-state index contributed by atoms with van der Waals surface area (Å²) in [4.78, 5) is 0. The van der Waals surface area contributed by atoms with Crippen molar-refractivity contribution < 1.29 is 0 Å². The molecule has 2 heteroatoms. The fourth-order valence-corrected chi connectivity index (χ4v) is 3.79. The molecule has 0 spiro atoms. The first kappa shape index (κ1) is 10.9. The predicted molar refractivity (Wildman–Crippen MR) is 73.0 cm³/mol. The molecule has 0 saturated heterocycles. The molecule has 0 radical (unpaired) electrons. The van der Waals surface area contributed by atoms with Crippen LogP contribution in [-0.4, -0.2) is 6.54 Å². The van der Waals surface area contributed by atoms with Crippen LogP contribution in [0.15, 0.2) is 18.2 Å². The third kappa shape index (κ3) is 2.26. The van der Waals surface area contributed by atoms with Crippen LogP contribution in [0, 0.1) is 24.7 Å². The van der Waals surface area contributed by atoms with Crippen molar-refractivity contribution in [3.05, 3.63) is 23.8 Å². The van der Waals surface area contributed by atoms with E-state index >= 15 is 0 Å². The van der Waals surface area contributed by atoms with Crippen LogP contribution >= 0.6 is 0 Å². The van der Waals surface area contributed by atoms with Crippen molar-refractivity contribution in [2.75, 3.05) is 17.6 Å². The Labute approximate surface area is 104 Å². The fourth-order valence-electron chi connectivity index (χ4n) is 3.79. The number of rotatable bonds is 3. The highest BCUT2D eigenvalue weighted by molar-refractivity contribution is 5.56. The van der Waals surface area contributed by atoms with Crippen molar-refractivity contribution in [2.24, 2.45) is 17.8 Å². The van der Waals surface area contributed by atoms with Crippen LogP contribution in [0.2, 0.25) is 0 Å². The largest absolute Gasteiger partial charge is 0.399 e. The summed E-state index contributed by atoms with van der Waals surface area (Å²) >= 11 is 0. The van der Waals surface area contributed by atoms with E-state index in [0.29, 0.717) is 0 Å². The molecule has 0 heterocycles. The lowest BCUT2D eigenvalue weighted by atomic mass is 9.89. The van der Waals surface area contributed by atoms with Gasteiger partial charge in [0.2, 0.25) is 0 Å². The highest BCUT2D eigenvalue weighted by atomic mass is 14.9. The van der Waals surface area contributed by atoms with Gasteiger partial charge in [0.05, 0.1) is 0 Å². The third-order valence-corrected chi connectivity index (χ3v) is 4.55. The van der Waals surface area contributed by atoms with Gasteiger partial charge in [0.15, 0.2) is 0 Å². The molecule has 2 aliphatic rings. The summed E-state index contributed by atoms with van der Waals surface area (Å²) in [7, 11) is 0. The summed E-state index contributed by atoms with van der Waals surface area (Å²) in [6, 6.07) is 6.24. The summed E-state index contributed by atoms with van der Waals surface area (Å²) in [6.07, 6.45) is 5.88. The van der Waals surface area contributed by atoms with E-state index < -0.39 is 0 Å². The average molecular weight is 230 g/mol. The summed E-state index contributed by atoms with van der Waals surface area (Å²) in [5, 5.41) is 3.57. The highest BCUT2D eigenvalue weighted by Gasteiger charge is 2.38. The first-order valence-corrected chi connectivity index (χ1v) is 6.82. The Bertz CT molecular complexity index is 393. The molecule has 1 aromatic carbocycles. The fraction of sp³-hybridized carbons (Fsp3) is 0.600. The number of nitrogen functional groups attached to an aromatic ring is 1. The Morgan fingerprint density at radius 3 is 2.76 bits per heavy atom. The summed E-state index contributed by atoms with van der Waals surface area (Å²) in [5.74, 6) is 2.93. The van der Waals surface area contributed by atoms with Crippen LogP contribution in [0.3, 0.4) is 0 Å². The zero-order chi connectivity index (χ0) is 11.8. The lowest BCUT2D eigenvalue weighted by Gasteiger charge is -2.22. The lowest BCUT2D eigenvalue weighted by molar-refractivity contribution is 0.348. The lowest BCUT2D eigenvalue weighted by Crippen LogP contribution is -2.20. The van der Waals surface area contributed by atoms with Gasteiger partial charge in [-0.15, -0.1) is 0 Å². The normalized spacial score (nSPS) is 30.8. The van der Waals surface area contributed by atoms with Crippen LogP contribution in [0.4, 0.5) is 11.4 Å². The first-order chi connectivity index (χ1) is 8.20. The smallest absolute Gasteiger partial charge is 0.0363 e. The van der Waals surface area contributed by atoms with Gasteiger partial charge in [-0.05, 0) is 67.7 Å². The molecule has 92 valence electrons. The van der Waals surface area contributed by atoms with E-state index in [0.717, 1.165) is 30.0 Å². The maximum atomic E-state index is 5.86. The Morgan fingerprint density at radius 1 is 1.24 bits per heavy atom. The number of nitrogens with two attached hydrogens (primary N) is 1. The molecule has 2 bridgehead atoms. The zero-order valence-corrected chi connectivity index (χ0v) is 10.6. The number of anilines is 2. The van der Waals surface area contributed by atoms with Gasteiger partial charge in [-0.3, -0.25) is 0 Å². The monoisotopic (exact) mass is 230 g/mol. The minimum absolute atomic E-state index is 0.862. The molecule has 0 aromatic heterocycles. The van der Waals surface area contributed by atoms with E-state index in [9.17, 15) is 0 Å². The van der Waals surface area contributed by atoms with E-state index in [2.05, 4.69) is 18.3 Å². The van der Waals surface area contributed by atoms with Crippen molar-refractivity contribution in [3.8, 4) is 0 Å². The van der Waals surface area contributed by atoms with Crippen LogP contribution in [0.1, 0.15) is 31.2 Å². The van der Waals surface area contributed by atoms with Gasteiger partial charge in [-0.25, -0.2) is 0 Å². The van der Waals surface area contributed by atoms with Gasteiger partial charge in [0.1, 0.15) is 0 Å². The standard InChI is InChI=1S/C15H22N2/c1-10-4-14(16)8-15(5-10)17-9-13-7-11-2-3-12(13)6-11/h4-5,8,11-13,17H,2-3,6-7,9,16H2,1H3. The molecule has 2 saturated carbocycles. The molecule has 2 fully saturated rings. The molecule has 3 atom stereocenters. The second-order valence-corrected chi connectivity index (χ2v) is 5.95. The van der Waals surface area contributed by atoms with E-state index in [4.69, 9.17) is 5.73 Å². The molecule has 0 aliphatic heterocycles. The van der Waals surface area contributed by atoms with Gasteiger partial charge in [0, 0.05) is 17.9 Å². The number of benzene rings is 1. The summed E-state index contributed by atoms with van der Waals surface area (Å²) < 4.78 is 0. The number of hydrogen-bond acceptors (Lipinski definition) is 2. The second kappa shape index (κ2) is 4.25. The molecule has 2 aliphatic carbocycles. The van der Waals surface area contributed by atoms with Gasteiger partial charge < -0.3 is 11.1 Å². The van der Waals surface area contributed by atoms with E-state index in [1.165, 1.54) is 36.9 Å². The Balaban J connectivity index is 1.60. The molecular weight excluding hydrogens is 208 g/mol. The maximum Gasteiger partial charge on any atom is 0.0363 e. The zero-order valence-electron chi connectivity index (χ0n) is 10.6. The van der Waals surface area contributed by atoms with Crippen LogP contribution in [0.25, 0.3) is 0 Å². The van der Waals surface area contributed by atoms with Crippen molar-refractivity contribution in [1.82, 2.24) is 0 Å². The van der Waals surface area contributed by atoms with Crippen LogP contribution in [0.5, 0.6) is 0 Å². The Hall–Kier alpha value is -1.18. The van der Waals surface area contributed by atoms with Crippen molar-refractivity contribution in [2.45, 2.75) is 32.6 Å². The van der Waals surface area contributed by atoms with Gasteiger partial charge >= 0.3 is 0 Å². The first-order valence-electron chi connectivity index (χ1n) is 6.82. The summed E-state index contributed by atoms with van der Waals surface area (Å²) in [6.45, 7) is 3.23. The quantitative estimate of drug-likeness (QED) is 0.781. The number of aryl methyl sites for hydroxylation is 1. The molecule has 17 heavy (non-hydrogen) atoms. The highest BCUT2D eigenvalue weighted by Crippen LogP contribution is 2.48. The van der Waals surface area contributed by atoms with Crippen LogP contribution < -0.4 is 11.1 Å². The van der Waals surface area contributed by atoms with Crippen molar-refractivity contribution >= 4 is 11.4 Å². The van der Waals surface area contributed by atoms with Crippen molar-refractivity contribution in [3.63, 3.8) is 0 Å². The summed E-state index contributed by atoms with van der Waals surface area (Å²) in [5.41, 5.74) is 9.15. The van der Waals surface area contributed by atoms with Crippen molar-refractivity contribution in [1.29, 1.82) is 0 Å². The minimum atomic E-state index is 0.862. The van der Waals surface area contributed by atoms with Crippen LogP contribution in [-0.2, 0) is 0 Å². The van der Waals surface area contributed by atoms with Gasteiger partial charge in [-0.1, -0.05) is 6.42 Å². The Morgan fingerprint density at radius 2 is 2.12 bits per heavy atom. The third-order valence-electron chi connectivity index (χ3n) is 4.55. The predicted octanol–water partition coefficient (Wildman–Crippen LogP) is 3.43. The molecule has 2 nitrogen and oxygen atoms in total. The number of hydrogen-bond donors (Lipinski definition) is 2. The van der Waals surface area contributed by atoms with E-state index in [1.54, 1.807) is 0 Å². The topological polar surface area (TPSA) is 38.0 Å². The number of fused-ring (bicyclic) bond motifs is 2. The van der Waals surface area contributed by atoms with Gasteiger partial charge in [-0.2, -0.15) is 0 Å². The molecular formula is C15H22N2. The maximum absolute atomic E-state index is 5.86. The molecule has 3 N–H and O–H groups in total. The average Bonchev–Trinajstić information content (AvgIpc) is 2.86.